The van der Waals surface area contributed by atoms with Gasteiger partial charge >= 0.3 is 0 Å². The van der Waals surface area contributed by atoms with Crippen molar-refractivity contribution in [3.8, 4) is 0 Å². The first-order valence-electron chi connectivity index (χ1n) is 6.33. The summed E-state index contributed by atoms with van der Waals surface area (Å²) in [6, 6.07) is -0.0647. The lowest BCUT2D eigenvalue weighted by Gasteiger charge is -2.52. The third kappa shape index (κ3) is 1.72. The fraction of sp³-hybridized carbons (Fsp3) is 0.667. The van der Waals surface area contributed by atoms with Crippen molar-refractivity contribution >= 4 is 5.91 Å². The lowest BCUT2D eigenvalue weighted by molar-refractivity contribution is -0.117. The van der Waals surface area contributed by atoms with E-state index < -0.39 is 0 Å². The molecule has 3 N–H and O–H groups in total. The molecule has 98 valence electrons. The number of amides is 1. The number of rotatable bonds is 2. The van der Waals surface area contributed by atoms with Gasteiger partial charge in [-0.25, -0.2) is 4.98 Å². The van der Waals surface area contributed by atoms with Crippen molar-refractivity contribution in [2.75, 3.05) is 6.61 Å². The summed E-state index contributed by atoms with van der Waals surface area (Å²) in [6.07, 6.45) is 5.42. The quantitative estimate of drug-likeness (QED) is 0.752. The Morgan fingerprint density at radius 1 is 1.67 bits per heavy atom. The van der Waals surface area contributed by atoms with Crippen LogP contribution < -0.4 is 11.1 Å². The van der Waals surface area contributed by atoms with Gasteiger partial charge in [-0.15, -0.1) is 0 Å². The summed E-state index contributed by atoms with van der Waals surface area (Å²) in [7, 11) is 1.79. The molecule has 3 rings (SSSR count). The second-order valence-corrected chi connectivity index (χ2v) is 5.11. The number of nitrogens with zero attached hydrogens (tertiary/aromatic N) is 2. The molecule has 1 aromatic heterocycles. The second kappa shape index (κ2) is 4.37. The van der Waals surface area contributed by atoms with Crippen molar-refractivity contribution in [2.45, 2.75) is 31.0 Å². The van der Waals surface area contributed by atoms with Gasteiger partial charge < -0.3 is 20.4 Å². The average molecular weight is 250 g/mol. The van der Waals surface area contributed by atoms with Gasteiger partial charge in [0.1, 0.15) is 5.69 Å². The first-order chi connectivity index (χ1) is 8.68. The van der Waals surface area contributed by atoms with Gasteiger partial charge in [0.05, 0.1) is 24.7 Å². The maximum atomic E-state index is 12.1. The van der Waals surface area contributed by atoms with Gasteiger partial charge in [0.2, 0.25) is 0 Å². The van der Waals surface area contributed by atoms with Crippen molar-refractivity contribution in [1.29, 1.82) is 0 Å². The standard InChI is InChI=1S/C12H18N4O2/c1-16-6-14-5-8(16)12(17)15-10-9(13)7-3-2-4-18-11(7)10/h5-7,9-11H,2-4,13H2,1H3,(H,15,17). The molecule has 1 saturated carbocycles. The number of carbonyl (C=O) groups is 1. The molecule has 4 atom stereocenters. The molecular weight excluding hydrogens is 232 g/mol. The Morgan fingerprint density at radius 3 is 3.22 bits per heavy atom. The topological polar surface area (TPSA) is 82.2 Å². The molecule has 0 bridgehead atoms. The highest BCUT2D eigenvalue weighted by Crippen LogP contribution is 2.37. The highest BCUT2D eigenvalue weighted by Gasteiger charge is 2.51. The van der Waals surface area contributed by atoms with E-state index in [4.69, 9.17) is 10.5 Å². The molecule has 1 amide bonds. The lowest BCUT2D eigenvalue weighted by atomic mass is 9.68. The second-order valence-electron chi connectivity index (χ2n) is 5.11. The molecule has 1 aliphatic carbocycles. The van der Waals surface area contributed by atoms with Gasteiger partial charge in [-0.05, 0) is 12.8 Å². The minimum atomic E-state index is -0.136. The Bertz CT molecular complexity index is 459. The van der Waals surface area contributed by atoms with E-state index in [1.165, 1.54) is 0 Å². The van der Waals surface area contributed by atoms with E-state index in [1.807, 2.05) is 0 Å². The average Bonchev–Trinajstić information content (AvgIpc) is 2.81. The van der Waals surface area contributed by atoms with Crippen LogP contribution in [0.5, 0.6) is 0 Å². The molecule has 2 aliphatic rings. The summed E-state index contributed by atoms with van der Waals surface area (Å²) < 4.78 is 7.38. The van der Waals surface area contributed by atoms with Crippen LogP contribution in [0.1, 0.15) is 23.3 Å². The number of ether oxygens (including phenoxy) is 1. The van der Waals surface area contributed by atoms with Gasteiger partial charge in [-0.3, -0.25) is 4.79 Å². The third-order valence-electron chi connectivity index (χ3n) is 4.02. The minimum Gasteiger partial charge on any atom is -0.376 e. The molecule has 2 heterocycles. The van der Waals surface area contributed by atoms with Crippen molar-refractivity contribution in [2.24, 2.45) is 18.7 Å². The normalized spacial score (nSPS) is 34.6. The highest BCUT2D eigenvalue weighted by molar-refractivity contribution is 5.92. The Kier molecular flexibility index (Phi) is 2.83. The Morgan fingerprint density at radius 2 is 2.50 bits per heavy atom. The van der Waals surface area contributed by atoms with Crippen LogP contribution in [0.25, 0.3) is 0 Å². The number of nitrogens with one attached hydrogen (secondary N) is 1. The summed E-state index contributed by atoms with van der Waals surface area (Å²) in [4.78, 5) is 16.0. The molecule has 0 spiro atoms. The fourth-order valence-electron chi connectivity index (χ4n) is 2.93. The zero-order valence-corrected chi connectivity index (χ0v) is 10.4. The number of fused-ring (bicyclic) bond motifs is 1. The van der Waals surface area contributed by atoms with Crippen molar-refractivity contribution in [3.05, 3.63) is 18.2 Å². The predicted molar refractivity (Wildman–Crippen MR) is 64.9 cm³/mol. The first kappa shape index (κ1) is 11.7. The van der Waals surface area contributed by atoms with Crippen LogP contribution in [0.3, 0.4) is 0 Å². The van der Waals surface area contributed by atoms with Crippen LogP contribution >= 0.6 is 0 Å². The molecule has 4 unspecified atom stereocenters. The van der Waals surface area contributed by atoms with E-state index in [2.05, 4.69) is 10.3 Å². The predicted octanol–water partition coefficient (Wildman–Crippen LogP) is -0.345. The van der Waals surface area contributed by atoms with E-state index in [-0.39, 0.29) is 24.1 Å². The van der Waals surface area contributed by atoms with Gasteiger partial charge in [0, 0.05) is 25.6 Å². The summed E-state index contributed by atoms with van der Waals surface area (Å²) in [5.74, 6) is 0.263. The zero-order chi connectivity index (χ0) is 12.7. The lowest BCUT2D eigenvalue weighted by Crippen LogP contribution is -2.72. The maximum Gasteiger partial charge on any atom is 0.269 e. The molecule has 0 radical (unpaired) electrons. The van der Waals surface area contributed by atoms with Gasteiger partial charge in [-0.2, -0.15) is 0 Å². The summed E-state index contributed by atoms with van der Waals surface area (Å²) in [6.45, 7) is 0.770. The largest absolute Gasteiger partial charge is 0.376 e. The molecule has 1 saturated heterocycles. The number of nitrogens with two attached hydrogens (primary N) is 1. The molecule has 1 aromatic rings. The van der Waals surface area contributed by atoms with Crippen molar-refractivity contribution in [1.82, 2.24) is 14.9 Å². The van der Waals surface area contributed by atoms with Crippen LogP contribution in [0.2, 0.25) is 0 Å². The van der Waals surface area contributed by atoms with E-state index >= 15 is 0 Å². The van der Waals surface area contributed by atoms with Crippen LogP contribution in [-0.2, 0) is 11.8 Å². The van der Waals surface area contributed by atoms with Crippen LogP contribution in [0.4, 0.5) is 0 Å². The van der Waals surface area contributed by atoms with E-state index in [0.29, 0.717) is 11.6 Å². The third-order valence-corrected chi connectivity index (χ3v) is 4.02. The van der Waals surface area contributed by atoms with Crippen LogP contribution in [0.15, 0.2) is 12.5 Å². The number of hydrogen-bond acceptors (Lipinski definition) is 4. The van der Waals surface area contributed by atoms with Crippen LogP contribution in [-0.4, -0.2) is 40.3 Å². The van der Waals surface area contributed by atoms with E-state index in [1.54, 1.807) is 24.1 Å². The van der Waals surface area contributed by atoms with Gasteiger partial charge in [0.15, 0.2) is 0 Å². The molecule has 18 heavy (non-hydrogen) atoms. The molecule has 0 aromatic carbocycles. The zero-order valence-electron chi connectivity index (χ0n) is 10.4. The molecule has 1 aliphatic heterocycles. The Hall–Kier alpha value is -1.40. The number of hydrogen-bond donors (Lipinski definition) is 2. The van der Waals surface area contributed by atoms with E-state index in [9.17, 15) is 4.79 Å². The van der Waals surface area contributed by atoms with Crippen LogP contribution in [0, 0.1) is 5.92 Å². The van der Waals surface area contributed by atoms with Gasteiger partial charge in [-0.1, -0.05) is 0 Å². The number of aryl methyl sites for hydroxylation is 1. The number of carbonyl (C=O) groups excluding carboxylic acids is 1. The minimum absolute atomic E-state index is 0.00692. The molecule has 2 fully saturated rings. The number of aromatic nitrogens is 2. The summed E-state index contributed by atoms with van der Waals surface area (Å²) in [5.41, 5.74) is 6.64. The molecule has 6 heteroatoms. The Labute approximate surface area is 106 Å². The summed E-state index contributed by atoms with van der Waals surface area (Å²) in [5, 5.41) is 2.96. The number of imidazole rings is 1. The van der Waals surface area contributed by atoms with Crippen molar-refractivity contribution in [3.63, 3.8) is 0 Å². The monoisotopic (exact) mass is 250 g/mol. The van der Waals surface area contributed by atoms with E-state index in [0.717, 1.165) is 19.4 Å². The fourth-order valence-corrected chi connectivity index (χ4v) is 2.93. The highest BCUT2D eigenvalue weighted by atomic mass is 16.5. The Balaban J connectivity index is 1.67. The molecular formula is C12H18N4O2. The first-order valence-corrected chi connectivity index (χ1v) is 6.33. The maximum absolute atomic E-state index is 12.1. The summed E-state index contributed by atoms with van der Waals surface area (Å²) >= 11 is 0. The smallest absolute Gasteiger partial charge is 0.269 e. The van der Waals surface area contributed by atoms with Gasteiger partial charge in [0.25, 0.3) is 5.91 Å². The SMILES string of the molecule is Cn1cncc1C(=O)NC1C(N)C2CCCOC21. The van der Waals surface area contributed by atoms with Crippen molar-refractivity contribution < 1.29 is 9.53 Å². The molecule has 6 nitrogen and oxygen atoms in total.